The molecule has 0 saturated heterocycles. The number of aromatic nitrogens is 1. The van der Waals surface area contributed by atoms with Crippen LogP contribution in [0.5, 0.6) is 0 Å². The number of ketones is 1. The van der Waals surface area contributed by atoms with Gasteiger partial charge in [0.25, 0.3) is 0 Å². The van der Waals surface area contributed by atoms with Gasteiger partial charge in [0.1, 0.15) is 17.5 Å². The minimum atomic E-state index is -0.205. The van der Waals surface area contributed by atoms with Gasteiger partial charge in [-0.05, 0) is 52.7 Å². The van der Waals surface area contributed by atoms with Crippen molar-refractivity contribution in [3.8, 4) is 0 Å². The zero-order valence-electron chi connectivity index (χ0n) is 15.5. The second kappa shape index (κ2) is 7.27. The molecule has 0 aliphatic carbocycles. The lowest BCUT2D eigenvalue weighted by molar-refractivity contribution is -0.114. The van der Waals surface area contributed by atoms with Gasteiger partial charge in [-0.15, -0.1) is 0 Å². The summed E-state index contributed by atoms with van der Waals surface area (Å²) in [5.41, 5.74) is 3.40. The molecule has 28 heavy (non-hydrogen) atoms. The van der Waals surface area contributed by atoms with Crippen LogP contribution < -0.4 is 5.32 Å². The maximum Gasteiger partial charge on any atom is 0.222 e. The Hall–Kier alpha value is -2.87. The van der Waals surface area contributed by atoms with E-state index in [1.807, 2.05) is 17.9 Å². The van der Waals surface area contributed by atoms with E-state index in [1.165, 1.54) is 13.1 Å². The Balaban J connectivity index is 1.62. The van der Waals surface area contributed by atoms with Gasteiger partial charge in [0.05, 0.1) is 18.7 Å². The highest BCUT2D eigenvalue weighted by atomic mass is 79.9. The number of nitrogens with zero attached hydrogens (tertiary/aromatic N) is 4. The Labute approximate surface area is 170 Å². The van der Waals surface area contributed by atoms with E-state index in [4.69, 9.17) is 4.99 Å². The van der Waals surface area contributed by atoms with Crippen molar-refractivity contribution >= 4 is 50.8 Å². The number of amides is 1. The van der Waals surface area contributed by atoms with Gasteiger partial charge >= 0.3 is 0 Å². The summed E-state index contributed by atoms with van der Waals surface area (Å²) in [6.45, 7) is 4.84. The zero-order chi connectivity index (χ0) is 19.8. The standard InChI is InChI=1S/C20H18BrN5O2/c1-11-7-14-19(15(21)8-11)25-18(26-6-5-22-20(14)26)9-16(28)13-3-4-17(23-10-13)24-12(2)27/h3-4,7-8,10H,5-6,9H2,1-2H3,(H,23,24,27). The number of benzene rings is 1. The lowest BCUT2D eigenvalue weighted by Crippen LogP contribution is -2.38. The predicted molar refractivity (Wildman–Crippen MR) is 112 cm³/mol. The van der Waals surface area contributed by atoms with Gasteiger partial charge in [-0.2, -0.15) is 0 Å². The topological polar surface area (TPSA) is 87.0 Å². The predicted octanol–water partition coefficient (Wildman–Crippen LogP) is 3.49. The van der Waals surface area contributed by atoms with Gasteiger partial charge in [0.2, 0.25) is 5.91 Å². The number of hydrogen-bond acceptors (Lipinski definition) is 6. The molecule has 142 valence electrons. The second-order valence-electron chi connectivity index (χ2n) is 6.74. The highest BCUT2D eigenvalue weighted by Crippen LogP contribution is 2.36. The Morgan fingerprint density at radius 1 is 1.29 bits per heavy atom. The summed E-state index contributed by atoms with van der Waals surface area (Å²) >= 11 is 3.59. The molecule has 8 heteroatoms. The van der Waals surface area contributed by atoms with Gasteiger partial charge in [-0.3, -0.25) is 14.6 Å². The number of aliphatic imine (C=N–C) groups is 2. The van der Waals surface area contributed by atoms with Crippen LogP contribution in [0.1, 0.15) is 34.8 Å². The van der Waals surface area contributed by atoms with E-state index in [9.17, 15) is 9.59 Å². The number of carbonyl (C=O) groups is 2. The molecule has 1 amide bonds. The monoisotopic (exact) mass is 439 g/mol. The molecule has 0 atom stereocenters. The van der Waals surface area contributed by atoms with Crippen LogP contribution in [0.15, 0.2) is 44.9 Å². The molecule has 0 bridgehead atoms. The number of pyridine rings is 1. The maximum absolute atomic E-state index is 12.8. The third-order valence-electron chi connectivity index (χ3n) is 4.55. The van der Waals surface area contributed by atoms with Crippen LogP contribution in [0.4, 0.5) is 11.5 Å². The number of anilines is 1. The van der Waals surface area contributed by atoms with Crippen LogP contribution in [-0.2, 0) is 4.79 Å². The van der Waals surface area contributed by atoms with Gasteiger partial charge in [-0.25, -0.2) is 9.98 Å². The molecule has 2 aliphatic heterocycles. The zero-order valence-corrected chi connectivity index (χ0v) is 17.1. The average Bonchev–Trinajstić information content (AvgIpc) is 3.13. The van der Waals surface area contributed by atoms with E-state index in [2.05, 4.69) is 37.3 Å². The summed E-state index contributed by atoms with van der Waals surface area (Å²) in [7, 11) is 0. The van der Waals surface area contributed by atoms with Crippen LogP contribution in [-0.4, -0.2) is 46.3 Å². The van der Waals surface area contributed by atoms with Gasteiger partial charge in [-0.1, -0.05) is 0 Å². The summed E-state index contributed by atoms with van der Waals surface area (Å²) in [5.74, 6) is 1.68. The van der Waals surface area contributed by atoms with E-state index in [-0.39, 0.29) is 18.1 Å². The molecule has 0 spiro atoms. The van der Waals surface area contributed by atoms with E-state index in [0.717, 1.165) is 27.1 Å². The highest BCUT2D eigenvalue weighted by molar-refractivity contribution is 9.10. The van der Waals surface area contributed by atoms with Crippen molar-refractivity contribution in [2.24, 2.45) is 9.98 Å². The first-order chi connectivity index (χ1) is 13.4. The fraction of sp³-hybridized carbons (Fsp3) is 0.250. The van der Waals surface area contributed by atoms with Crippen LogP contribution in [0.3, 0.4) is 0 Å². The lowest BCUT2D eigenvalue weighted by Gasteiger charge is -2.28. The molecule has 0 radical (unpaired) electrons. The summed E-state index contributed by atoms with van der Waals surface area (Å²) in [5, 5.41) is 2.59. The Morgan fingerprint density at radius 3 is 2.82 bits per heavy atom. The summed E-state index contributed by atoms with van der Waals surface area (Å²) < 4.78 is 0.892. The van der Waals surface area contributed by atoms with Crippen molar-refractivity contribution in [2.45, 2.75) is 20.3 Å². The molecule has 1 aromatic carbocycles. The van der Waals surface area contributed by atoms with E-state index in [1.54, 1.807) is 12.1 Å². The molecular weight excluding hydrogens is 422 g/mol. The van der Waals surface area contributed by atoms with Gasteiger partial charge in [0, 0.05) is 35.3 Å². The minimum absolute atomic E-state index is 0.0847. The number of carbonyl (C=O) groups excluding carboxylic acids is 2. The fourth-order valence-electron chi connectivity index (χ4n) is 3.33. The van der Waals surface area contributed by atoms with Crippen LogP contribution in [0.2, 0.25) is 0 Å². The number of Topliss-reactive ketones (excluding diaryl/α,β-unsaturated/α-hetero) is 1. The molecule has 1 N–H and O–H groups in total. The van der Waals surface area contributed by atoms with Crippen molar-refractivity contribution in [1.29, 1.82) is 0 Å². The molecule has 0 unspecified atom stereocenters. The Bertz CT molecular complexity index is 1040. The number of nitrogens with one attached hydrogen (secondary N) is 1. The highest BCUT2D eigenvalue weighted by Gasteiger charge is 2.31. The number of hydrogen-bond donors (Lipinski definition) is 1. The smallest absolute Gasteiger partial charge is 0.222 e. The largest absolute Gasteiger partial charge is 0.312 e. The normalized spacial score (nSPS) is 14.8. The number of aryl methyl sites for hydroxylation is 1. The average molecular weight is 440 g/mol. The third kappa shape index (κ3) is 3.47. The second-order valence-corrected chi connectivity index (χ2v) is 7.60. The molecular formula is C20H18BrN5O2. The first-order valence-electron chi connectivity index (χ1n) is 8.89. The van der Waals surface area contributed by atoms with Crippen LogP contribution >= 0.6 is 15.9 Å². The van der Waals surface area contributed by atoms with Crippen molar-refractivity contribution < 1.29 is 9.59 Å². The van der Waals surface area contributed by atoms with E-state index >= 15 is 0 Å². The first-order valence-corrected chi connectivity index (χ1v) is 9.68. The summed E-state index contributed by atoms with van der Waals surface area (Å²) in [4.78, 5) is 39.4. The maximum atomic E-state index is 12.8. The SMILES string of the molecule is CC(=O)Nc1ccc(C(=O)CC2=Nc3c(Br)cc(C)cc3C3=NCCN23)cn1. The van der Waals surface area contributed by atoms with Gasteiger partial charge < -0.3 is 10.2 Å². The minimum Gasteiger partial charge on any atom is -0.312 e. The fourth-order valence-corrected chi connectivity index (χ4v) is 3.99. The number of rotatable bonds is 4. The van der Waals surface area contributed by atoms with Crippen molar-refractivity contribution in [1.82, 2.24) is 9.88 Å². The first kappa shape index (κ1) is 18.5. The molecule has 2 aliphatic rings. The van der Waals surface area contributed by atoms with Crippen molar-refractivity contribution in [3.05, 3.63) is 51.6 Å². The number of fused-ring (bicyclic) bond motifs is 3. The molecule has 3 heterocycles. The van der Waals surface area contributed by atoms with Crippen molar-refractivity contribution in [3.63, 3.8) is 0 Å². The molecule has 1 aromatic heterocycles. The summed E-state index contributed by atoms with van der Waals surface area (Å²) in [6.07, 6.45) is 1.63. The van der Waals surface area contributed by atoms with E-state index < -0.39 is 0 Å². The van der Waals surface area contributed by atoms with Crippen LogP contribution in [0.25, 0.3) is 0 Å². The molecule has 4 rings (SSSR count). The summed E-state index contributed by atoms with van der Waals surface area (Å²) in [6, 6.07) is 7.37. The molecule has 7 nitrogen and oxygen atoms in total. The Morgan fingerprint density at radius 2 is 2.11 bits per heavy atom. The van der Waals surface area contributed by atoms with Crippen LogP contribution in [0, 0.1) is 6.92 Å². The number of amidine groups is 2. The third-order valence-corrected chi connectivity index (χ3v) is 5.15. The Kier molecular flexibility index (Phi) is 4.80. The van der Waals surface area contributed by atoms with Gasteiger partial charge in [0.15, 0.2) is 5.78 Å². The molecule has 2 aromatic rings. The van der Waals surface area contributed by atoms with E-state index in [0.29, 0.717) is 30.3 Å². The lowest BCUT2D eigenvalue weighted by atomic mass is 10.0. The molecule has 0 fully saturated rings. The molecule has 0 saturated carbocycles. The number of halogens is 1. The van der Waals surface area contributed by atoms with Crippen molar-refractivity contribution in [2.75, 3.05) is 18.4 Å². The quantitative estimate of drug-likeness (QED) is 0.738.